The average Bonchev–Trinajstić information content (AvgIpc) is 1.38. The van der Waals surface area contributed by atoms with Crippen LogP contribution in [0.25, 0.3) is 0 Å². The van der Waals surface area contributed by atoms with Gasteiger partial charge < -0.3 is 0 Å². The first-order chi connectivity index (χ1) is 2.27. The lowest BCUT2D eigenvalue weighted by Crippen LogP contribution is -1.42. The minimum absolute atomic E-state index is 0.356. The summed E-state index contributed by atoms with van der Waals surface area (Å²) >= 11 is 0. The molecular formula is C4H5F. The molecule has 0 aromatic carbocycles. The van der Waals surface area contributed by atoms with E-state index in [1.54, 1.807) is 0 Å². The Bertz CT molecular complexity index is 63.7. The Hall–Kier alpha value is -0.550. The molecule has 0 radical (unpaired) electrons. The summed E-state index contributed by atoms with van der Waals surface area (Å²) in [5, 5.41) is 0. The van der Waals surface area contributed by atoms with E-state index in [0.29, 0.717) is 0 Å². The third kappa shape index (κ3) is 3.45. The van der Waals surface area contributed by atoms with E-state index >= 15 is 0 Å². The van der Waals surface area contributed by atoms with Crippen molar-refractivity contribution in [3.63, 3.8) is 0 Å². The van der Waals surface area contributed by atoms with E-state index in [1.165, 1.54) is 6.92 Å². The predicted molar refractivity (Wildman–Crippen MR) is 19.4 cm³/mol. The number of hydrogen-bond donors (Lipinski definition) is 0. The smallest absolute Gasteiger partial charge is 0.138 e. The Morgan fingerprint density at radius 3 is 2.20 bits per heavy atom. The number of rotatable bonds is 0. The van der Waals surface area contributed by atoms with Gasteiger partial charge in [-0.2, -0.15) is 0 Å². The van der Waals surface area contributed by atoms with E-state index in [2.05, 4.69) is 6.58 Å². The zero-order chi connectivity index (χ0) is 4.28. The molecule has 0 aromatic rings. The largest absolute Gasteiger partial charge is 0.203 e. The summed E-state index contributed by atoms with van der Waals surface area (Å²) in [6.07, 6.45) is 0. The topological polar surface area (TPSA) is 0 Å². The monoisotopic (exact) mass is 72.0 g/mol. The van der Waals surface area contributed by atoms with Crippen LogP contribution in [-0.4, -0.2) is 0 Å². The van der Waals surface area contributed by atoms with Gasteiger partial charge in [-0.1, -0.05) is 12.3 Å². The molecule has 0 spiro atoms. The van der Waals surface area contributed by atoms with Gasteiger partial charge in [0.15, 0.2) is 0 Å². The molecule has 0 N–H and O–H groups in total. The van der Waals surface area contributed by atoms with Gasteiger partial charge in [0.05, 0.1) is 0 Å². The summed E-state index contributed by atoms with van der Waals surface area (Å²) < 4.78 is 11.2. The molecule has 28 valence electrons. The van der Waals surface area contributed by atoms with E-state index in [1.807, 2.05) is 5.73 Å². The Balaban J connectivity index is 3.60. The van der Waals surface area contributed by atoms with E-state index in [9.17, 15) is 4.39 Å². The second-order valence-corrected chi connectivity index (χ2v) is 0.710. The van der Waals surface area contributed by atoms with Gasteiger partial charge in [-0.3, -0.25) is 0 Å². The molecule has 1 heteroatoms. The summed E-state index contributed by atoms with van der Waals surface area (Å²) in [6.45, 7) is 4.32. The van der Waals surface area contributed by atoms with Crippen LogP contribution in [0.15, 0.2) is 18.1 Å². The van der Waals surface area contributed by atoms with Crippen LogP contribution >= 0.6 is 0 Å². The Morgan fingerprint density at radius 1 is 2.00 bits per heavy atom. The van der Waals surface area contributed by atoms with Crippen LogP contribution in [0.5, 0.6) is 0 Å². The summed E-state index contributed by atoms with van der Waals surface area (Å²) in [4.78, 5) is 0. The van der Waals surface area contributed by atoms with Crippen LogP contribution in [0.3, 0.4) is 0 Å². The SMILES string of the molecule is C=C=C(C)F. The first kappa shape index (κ1) is 4.45. The molecule has 5 heavy (non-hydrogen) atoms. The van der Waals surface area contributed by atoms with Crippen molar-refractivity contribution >= 4 is 0 Å². The van der Waals surface area contributed by atoms with Crippen molar-refractivity contribution in [3.05, 3.63) is 18.1 Å². The molecule has 0 aliphatic heterocycles. The minimum atomic E-state index is -0.356. The van der Waals surface area contributed by atoms with Crippen molar-refractivity contribution in [3.8, 4) is 0 Å². The lowest BCUT2D eigenvalue weighted by Gasteiger charge is -1.61. The lowest BCUT2D eigenvalue weighted by molar-refractivity contribution is 0.643. The van der Waals surface area contributed by atoms with Crippen molar-refractivity contribution in [2.75, 3.05) is 0 Å². The summed E-state index contributed by atoms with van der Waals surface area (Å²) in [5.41, 5.74) is 2.03. The van der Waals surface area contributed by atoms with Gasteiger partial charge >= 0.3 is 0 Å². The molecule has 0 fully saturated rings. The zero-order valence-corrected chi connectivity index (χ0v) is 3.09. The van der Waals surface area contributed by atoms with Gasteiger partial charge in [0.2, 0.25) is 0 Å². The molecular weight excluding hydrogens is 67.0 g/mol. The van der Waals surface area contributed by atoms with Crippen molar-refractivity contribution < 1.29 is 4.39 Å². The fraction of sp³-hybridized carbons (Fsp3) is 0.250. The maximum absolute atomic E-state index is 11.2. The van der Waals surface area contributed by atoms with Gasteiger partial charge in [-0.25, -0.2) is 4.39 Å². The van der Waals surface area contributed by atoms with Gasteiger partial charge in [0.1, 0.15) is 5.83 Å². The first-order valence-corrected chi connectivity index (χ1v) is 1.29. The minimum Gasteiger partial charge on any atom is -0.203 e. The van der Waals surface area contributed by atoms with E-state index in [-0.39, 0.29) is 5.83 Å². The average molecular weight is 72.1 g/mol. The molecule has 0 aliphatic carbocycles. The third-order valence-corrected chi connectivity index (χ3v) is 0.244. The predicted octanol–water partition coefficient (Wildman–Crippen LogP) is 1.64. The van der Waals surface area contributed by atoms with Gasteiger partial charge in [0, 0.05) is 0 Å². The van der Waals surface area contributed by atoms with Gasteiger partial charge in [-0.15, -0.1) is 0 Å². The summed E-state index contributed by atoms with van der Waals surface area (Å²) in [5.74, 6) is -0.356. The van der Waals surface area contributed by atoms with Crippen molar-refractivity contribution in [1.29, 1.82) is 0 Å². The highest BCUT2D eigenvalue weighted by Crippen LogP contribution is 1.83. The molecule has 0 aromatic heterocycles. The Morgan fingerprint density at radius 2 is 2.20 bits per heavy atom. The molecule has 0 amide bonds. The highest BCUT2D eigenvalue weighted by molar-refractivity contribution is 4.79. The Labute approximate surface area is 30.6 Å². The Kier molecular flexibility index (Phi) is 1.55. The zero-order valence-electron chi connectivity index (χ0n) is 3.09. The van der Waals surface area contributed by atoms with E-state index < -0.39 is 0 Å². The standard InChI is InChI=1S/C4H5F/c1-3-4(2)5/h1H2,2H3. The quantitative estimate of drug-likeness (QED) is 0.381. The normalized spacial score (nSPS) is 6.00. The second kappa shape index (κ2) is 1.74. The van der Waals surface area contributed by atoms with Crippen LogP contribution in [-0.2, 0) is 0 Å². The maximum Gasteiger partial charge on any atom is 0.138 e. The fourth-order valence-corrected chi connectivity index (χ4v) is 0. The maximum atomic E-state index is 11.2. The van der Waals surface area contributed by atoms with Crippen LogP contribution in [0.2, 0.25) is 0 Å². The molecule has 0 heterocycles. The number of halogens is 1. The first-order valence-electron chi connectivity index (χ1n) is 1.29. The highest BCUT2D eigenvalue weighted by Gasteiger charge is 1.64. The van der Waals surface area contributed by atoms with Crippen LogP contribution < -0.4 is 0 Å². The van der Waals surface area contributed by atoms with Crippen LogP contribution in [0.4, 0.5) is 4.39 Å². The summed E-state index contributed by atoms with van der Waals surface area (Å²) in [7, 11) is 0. The molecule has 0 aliphatic rings. The van der Waals surface area contributed by atoms with Crippen LogP contribution in [0.1, 0.15) is 6.92 Å². The summed E-state index contributed by atoms with van der Waals surface area (Å²) in [6, 6.07) is 0. The molecule has 0 nitrogen and oxygen atoms in total. The van der Waals surface area contributed by atoms with Crippen molar-refractivity contribution in [1.82, 2.24) is 0 Å². The highest BCUT2D eigenvalue weighted by atomic mass is 19.1. The lowest BCUT2D eigenvalue weighted by atomic mass is 10.7. The van der Waals surface area contributed by atoms with Crippen molar-refractivity contribution in [2.24, 2.45) is 0 Å². The molecule has 0 saturated heterocycles. The second-order valence-electron chi connectivity index (χ2n) is 0.710. The third-order valence-electron chi connectivity index (χ3n) is 0.244. The van der Waals surface area contributed by atoms with Gasteiger partial charge in [0.25, 0.3) is 0 Å². The number of hydrogen-bond acceptors (Lipinski definition) is 0. The van der Waals surface area contributed by atoms with E-state index in [0.717, 1.165) is 0 Å². The molecule has 0 bridgehead atoms. The van der Waals surface area contributed by atoms with Crippen molar-refractivity contribution in [2.45, 2.75) is 6.92 Å². The van der Waals surface area contributed by atoms with E-state index in [4.69, 9.17) is 0 Å². The molecule has 0 unspecified atom stereocenters. The van der Waals surface area contributed by atoms with Gasteiger partial charge in [-0.05, 0) is 6.92 Å². The molecule has 0 rings (SSSR count). The molecule has 0 atom stereocenters. The van der Waals surface area contributed by atoms with Crippen LogP contribution in [0, 0.1) is 0 Å². The molecule has 0 saturated carbocycles. The number of allylic oxidation sites excluding steroid dienone is 1. The fourth-order valence-electron chi connectivity index (χ4n) is 0.